The molecule has 33 heavy (non-hydrogen) atoms. The Kier molecular flexibility index (Phi) is 7.24. The van der Waals surface area contributed by atoms with Gasteiger partial charge in [-0.2, -0.15) is 0 Å². The normalized spacial score (nSPS) is 16.9. The van der Waals surface area contributed by atoms with Gasteiger partial charge in [0, 0.05) is 31.7 Å². The van der Waals surface area contributed by atoms with E-state index in [-0.39, 0.29) is 29.5 Å². The van der Waals surface area contributed by atoms with Crippen LogP contribution in [0.15, 0.2) is 12.1 Å². The third kappa shape index (κ3) is 5.97. The van der Waals surface area contributed by atoms with E-state index in [1.54, 1.807) is 9.80 Å². The Balaban J connectivity index is 1.81. The molecule has 180 valence electrons. The molecule has 3 rings (SSSR count). The number of carbonyl (C=O) groups is 2. The molecule has 1 aromatic heterocycles. The molecule has 2 aromatic rings. The van der Waals surface area contributed by atoms with Crippen LogP contribution in [0.3, 0.4) is 0 Å². The number of ether oxygens (including phenoxy) is 1. The summed E-state index contributed by atoms with van der Waals surface area (Å²) in [4.78, 5) is 38.6. The quantitative estimate of drug-likeness (QED) is 0.652. The Morgan fingerprint density at radius 1 is 1.21 bits per heavy atom. The molecule has 0 N–H and O–H groups in total. The summed E-state index contributed by atoms with van der Waals surface area (Å²) in [6.45, 7) is 14.7. The first-order valence-electron chi connectivity index (χ1n) is 11.6. The molecule has 2 amide bonds. The molecule has 1 aromatic carbocycles. The summed E-state index contributed by atoms with van der Waals surface area (Å²) >= 11 is 0. The zero-order valence-corrected chi connectivity index (χ0v) is 20.7. The fraction of sp³-hybridized carbons (Fsp3) is 0.600. The Hall–Kier alpha value is -2.77. The van der Waals surface area contributed by atoms with E-state index in [1.807, 2.05) is 48.5 Å². The monoisotopic (exact) mass is 458 g/mol. The molecule has 1 atom stereocenters. The van der Waals surface area contributed by atoms with Crippen molar-refractivity contribution in [1.29, 1.82) is 0 Å². The lowest BCUT2D eigenvalue weighted by atomic mass is 9.96. The highest BCUT2D eigenvalue weighted by molar-refractivity contribution is 6.04. The van der Waals surface area contributed by atoms with Crippen molar-refractivity contribution in [3.05, 3.63) is 34.9 Å². The number of piperidine rings is 1. The van der Waals surface area contributed by atoms with E-state index in [4.69, 9.17) is 4.74 Å². The van der Waals surface area contributed by atoms with E-state index in [2.05, 4.69) is 9.97 Å². The zero-order valence-electron chi connectivity index (χ0n) is 20.7. The van der Waals surface area contributed by atoms with Crippen LogP contribution in [0.25, 0.3) is 11.0 Å². The van der Waals surface area contributed by atoms with Gasteiger partial charge in [0.25, 0.3) is 5.91 Å². The minimum atomic E-state index is -0.575. The molecule has 2 heterocycles. The number of halogens is 1. The van der Waals surface area contributed by atoms with Crippen LogP contribution in [-0.4, -0.2) is 63.0 Å². The van der Waals surface area contributed by atoms with Crippen molar-refractivity contribution >= 4 is 23.0 Å². The molecular weight excluding hydrogens is 423 g/mol. The Morgan fingerprint density at radius 2 is 1.88 bits per heavy atom. The van der Waals surface area contributed by atoms with Crippen LogP contribution in [0, 0.1) is 25.6 Å². The predicted molar refractivity (Wildman–Crippen MR) is 126 cm³/mol. The van der Waals surface area contributed by atoms with Gasteiger partial charge in [0.05, 0.1) is 22.5 Å². The Labute approximate surface area is 195 Å². The maximum atomic E-state index is 14.3. The van der Waals surface area contributed by atoms with E-state index in [0.29, 0.717) is 42.1 Å². The van der Waals surface area contributed by atoms with Gasteiger partial charge in [-0.1, -0.05) is 0 Å². The Bertz CT molecular complexity index is 1050. The van der Waals surface area contributed by atoms with E-state index >= 15 is 0 Å². The smallest absolute Gasteiger partial charge is 0.410 e. The Morgan fingerprint density at radius 3 is 2.52 bits per heavy atom. The third-order valence-corrected chi connectivity index (χ3v) is 5.89. The first-order valence-corrected chi connectivity index (χ1v) is 11.6. The number of rotatable bonds is 4. The van der Waals surface area contributed by atoms with Gasteiger partial charge in [-0.3, -0.25) is 4.79 Å². The molecule has 0 spiro atoms. The number of nitrogens with zero attached hydrogens (tertiary/aromatic N) is 4. The summed E-state index contributed by atoms with van der Waals surface area (Å²) in [5.74, 6) is -0.657. The lowest BCUT2D eigenvalue weighted by Crippen LogP contribution is -2.48. The van der Waals surface area contributed by atoms with Gasteiger partial charge < -0.3 is 14.5 Å². The van der Waals surface area contributed by atoms with Gasteiger partial charge in [0.15, 0.2) is 0 Å². The van der Waals surface area contributed by atoms with Crippen molar-refractivity contribution in [2.24, 2.45) is 5.92 Å². The minimum absolute atomic E-state index is 0.0282. The maximum absolute atomic E-state index is 14.3. The highest BCUT2D eigenvalue weighted by atomic mass is 19.1. The second kappa shape index (κ2) is 9.61. The molecule has 0 radical (unpaired) electrons. The van der Waals surface area contributed by atoms with Gasteiger partial charge in [0.2, 0.25) is 0 Å². The number of likely N-dealkylation sites (tertiary alicyclic amines) is 1. The van der Waals surface area contributed by atoms with Crippen molar-refractivity contribution in [2.45, 2.75) is 73.0 Å². The summed E-state index contributed by atoms with van der Waals surface area (Å²) in [7, 11) is 0. The first kappa shape index (κ1) is 24.9. The minimum Gasteiger partial charge on any atom is -0.444 e. The van der Waals surface area contributed by atoms with Gasteiger partial charge in [0.1, 0.15) is 16.9 Å². The van der Waals surface area contributed by atoms with Crippen LogP contribution < -0.4 is 0 Å². The maximum Gasteiger partial charge on any atom is 0.410 e. The van der Waals surface area contributed by atoms with Gasteiger partial charge >= 0.3 is 6.09 Å². The number of carbonyl (C=O) groups excluding carboxylic acids is 2. The van der Waals surface area contributed by atoms with Gasteiger partial charge in [-0.05, 0) is 73.3 Å². The molecule has 0 bridgehead atoms. The number of aromatic nitrogens is 2. The highest BCUT2D eigenvalue weighted by Gasteiger charge is 2.31. The van der Waals surface area contributed by atoms with E-state index < -0.39 is 11.4 Å². The van der Waals surface area contributed by atoms with Crippen LogP contribution in [0.2, 0.25) is 0 Å². The molecule has 1 fully saturated rings. The lowest BCUT2D eigenvalue weighted by Gasteiger charge is -2.37. The van der Waals surface area contributed by atoms with E-state index in [9.17, 15) is 14.0 Å². The molecule has 1 unspecified atom stereocenters. The summed E-state index contributed by atoms with van der Waals surface area (Å²) < 4.78 is 19.9. The number of hydrogen-bond donors (Lipinski definition) is 0. The third-order valence-electron chi connectivity index (χ3n) is 5.89. The van der Waals surface area contributed by atoms with E-state index in [1.165, 1.54) is 12.1 Å². The van der Waals surface area contributed by atoms with Crippen LogP contribution in [-0.2, 0) is 4.74 Å². The predicted octanol–water partition coefficient (Wildman–Crippen LogP) is 4.88. The van der Waals surface area contributed by atoms with Crippen LogP contribution in [0.5, 0.6) is 0 Å². The van der Waals surface area contributed by atoms with Crippen LogP contribution >= 0.6 is 0 Å². The summed E-state index contributed by atoms with van der Waals surface area (Å²) in [5.41, 5.74) is 1.88. The molecule has 7 nitrogen and oxygen atoms in total. The number of amides is 2. The van der Waals surface area contributed by atoms with Crippen molar-refractivity contribution in [3.8, 4) is 0 Å². The number of aryl methyl sites for hydroxylation is 2. The standard InChI is InChI=1S/C25H35FN4O3/c1-15(2)30(24(32)33-25(5,6)7)14-18-9-8-10-29(13-18)23(31)20-11-19(26)12-21-22(20)28-17(4)16(3)27-21/h11-12,15,18H,8-10,13-14H2,1-7H3. The largest absolute Gasteiger partial charge is 0.444 e. The fourth-order valence-corrected chi connectivity index (χ4v) is 4.12. The molecule has 1 saturated heterocycles. The molecule has 0 saturated carbocycles. The average Bonchev–Trinajstić information content (AvgIpc) is 2.71. The molecule has 1 aliphatic rings. The number of hydrogen-bond acceptors (Lipinski definition) is 5. The first-order chi connectivity index (χ1) is 15.4. The fourth-order valence-electron chi connectivity index (χ4n) is 4.12. The highest BCUT2D eigenvalue weighted by Crippen LogP contribution is 2.25. The summed E-state index contributed by atoms with van der Waals surface area (Å²) in [6.07, 6.45) is 1.36. The van der Waals surface area contributed by atoms with Crippen LogP contribution in [0.1, 0.15) is 69.2 Å². The lowest BCUT2D eigenvalue weighted by molar-refractivity contribution is 0.0124. The molecule has 8 heteroatoms. The topological polar surface area (TPSA) is 75.6 Å². The molecule has 1 aliphatic heterocycles. The van der Waals surface area contributed by atoms with Crippen molar-refractivity contribution < 1.29 is 18.7 Å². The average molecular weight is 459 g/mol. The van der Waals surface area contributed by atoms with Crippen LogP contribution in [0.4, 0.5) is 9.18 Å². The molecule has 0 aliphatic carbocycles. The second-order valence-electron chi connectivity index (χ2n) is 10.2. The number of benzene rings is 1. The van der Waals surface area contributed by atoms with Crippen molar-refractivity contribution in [3.63, 3.8) is 0 Å². The van der Waals surface area contributed by atoms with Gasteiger partial charge in [-0.15, -0.1) is 0 Å². The molecular formula is C25H35FN4O3. The van der Waals surface area contributed by atoms with Gasteiger partial charge in [-0.25, -0.2) is 19.2 Å². The second-order valence-corrected chi connectivity index (χ2v) is 10.2. The summed E-state index contributed by atoms with van der Waals surface area (Å²) in [6, 6.07) is 2.53. The number of fused-ring (bicyclic) bond motifs is 1. The van der Waals surface area contributed by atoms with Crippen molar-refractivity contribution in [1.82, 2.24) is 19.8 Å². The van der Waals surface area contributed by atoms with Crippen molar-refractivity contribution in [2.75, 3.05) is 19.6 Å². The summed E-state index contributed by atoms with van der Waals surface area (Å²) in [5, 5.41) is 0. The SMILES string of the molecule is Cc1nc2cc(F)cc(C(=O)N3CCCC(CN(C(=O)OC(C)(C)C)C(C)C)C3)c2nc1C. The zero-order chi connectivity index (χ0) is 24.5. The van der Waals surface area contributed by atoms with E-state index in [0.717, 1.165) is 12.8 Å².